The van der Waals surface area contributed by atoms with E-state index in [0.29, 0.717) is 12.6 Å². The van der Waals surface area contributed by atoms with E-state index in [1.165, 1.54) is 0 Å². The first-order valence-corrected chi connectivity index (χ1v) is 10.0. The van der Waals surface area contributed by atoms with Gasteiger partial charge >= 0.3 is 11.8 Å². The highest BCUT2D eigenvalue weighted by atomic mass is 16.6. The number of carbonyl (C=O) groups excluding carboxylic acids is 1. The van der Waals surface area contributed by atoms with Crippen LogP contribution < -0.4 is 5.69 Å². The number of nitrogens with zero attached hydrogens (tertiary/aromatic N) is 3. The summed E-state index contributed by atoms with van der Waals surface area (Å²) in [6.07, 6.45) is 3.78. The lowest BCUT2D eigenvalue weighted by Gasteiger charge is -2.41. The number of para-hydroxylation sites is 2. The van der Waals surface area contributed by atoms with Crippen molar-refractivity contribution in [1.29, 1.82) is 0 Å². The molecule has 0 spiro atoms. The zero-order valence-corrected chi connectivity index (χ0v) is 15.9. The Balaban J connectivity index is 1.35. The lowest BCUT2D eigenvalue weighted by atomic mass is 9.97. The fraction of sp³-hybridized carbons (Fsp3) is 0.600. The van der Waals surface area contributed by atoms with Crippen LogP contribution in [0.4, 0.5) is 4.79 Å². The van der Waals surface area contributed by atoms with Gasteiger partial charge in [0.2, 0.25) is 0 Å². The van der Waals surface area contributed by atoms with Gasteiger partial charge in [0.05, 0.1) is 17.6 Å². The maximum absolute atomic E-state index is 12.4. The summed E-state index contributed by atoms with van der Waals surface area (Å²) in [6, 6.07) is 8.69. The fourth-order valence-electron chi connectivity index (χ4n) is 4.57. The molecule has 7 heteroatoms. The van der Waals surface area contributed by atoms with Crippen molar-refractivity contribution in [2.45, 2.75) is 44.7 Å². The Labute approximate surface area is 158 Å². The summed E-state index contributed by atoms with van der Waals surface area (Å²) in [6.45, 7) is 5.81. The number of H-pyrrole nitrogens is 1. The minimum atomic E-state index is -0.187. The van der Waals surface area contributed by atoms with E-state index in [1.807, 2.05) is 40.7 Å². The molecule has 1 aromatic heterocycles. The molecule has 0 unspecified atom stereocenters. The third kappa shape index (κ3) is 3.60. The minimum absolute atomic E-state index is 0.00241. The van der Waals surface area contributed by atoms with Crippen molar-refractivity contribution in [3.63, 3.8) is 0 Å². The van der Waals surface area contributed by atoms with Gasteiger partial charge in [-0.25, -0.2) is 9.59 Å². The summed E-state index contributed by atoms with van der Waals surface area (Å²) in [5, 5.41) is 0. The van der Waals surface area contributed by atoms with Crippen molar-refractivity contribution in [2.75, 3.05) is 32.8 Å². The summed E-state index contributed by atoms with van der Waals surface area (Å²) in [7, 11) is 0. The molecular weight excluding hydrogens is 344 g/mol. The number of rotatable bonds is 3. The van der Waals surface area contributed by atoms with Crippen LogP contribution in [0, 0.1) is 0 Å². The van der Waals surface area contributed by atoms with Gasteiger partial charge in [-0.2, -0.15) is 0 Å². The number of benzene rings is 1. The van der Waals surface area contributed by atoms with Crippen LogP contribution in [0.3, 0.4) is 0 Å². The molecule has 1 amide bonds. The summed E-state index contributed by atoms with van der Waals surface area (Å²) in [4.78, 5) is 31.6. The highest BCUT2D eigenvalue weighted by molar-refractivity contribution is 5.75. The molecule has 1 N–H and O–H groups in total. The summed E-state index contributed by atoms with van der Waals surface area (Å²) in [5.41, 5.74) is 1.91. The Kier molecular flexibility index (Phi) is 5.20. The molecule has 2 aromatic rings. The van der Waals surface area contributed by atoms with Gasteiger partial charge in [0.25, 0.3) is 0 Å². The zero-order chi connectivity index (χ0) is 18.8. The molecule has 7 nitrogen and oxygen atoms in total. The van der Waals surface area contributed by atoms with Crippen molar-refractivity contribution in [3.05, 3.63) is 34.7 Å². The molecule has 3 heterocycles. The number of hydrogen-bond acceptors (Lipinski definition) is 4. The fourth-order valence-corrected chi connectivity index (χ4v) is 4.57. The summed E-state index contributed by atoms with van der Waals surface area (Å²) in [5.74, 6) is 0. The van der Waals surface area contributed by atoms with E-state index < -0.39 is 0 Å². The molecule has 2 fully saturated rings. The average molecular weight is 372 g/mol. The molecule has 0 bridgehead atoms. The highest BCUT2D eigenvalue weighted by Gasteiger charge is 2.31. The number of piperidine rings is 2. The lowest BCUT2D eigenvalue weighted by Crippen LogP contribution is -2.49. The molecule has 2 aliphatic heterocycles. The van der Waals surface area contributed by atoms with E-state index in [2.05, 4.69) is 9.88 Å². The van der Waals surface area contributed by atoms with Crippen LogP contribution in [-0.2, 0) is 4.74 Å². The largest absolute Gasteiger partial charge is 0.450 e. The Bertz CT molecular complexity index is 842. The Morgan fingerprint density at radius 2 is 1.74 bits per heavy atom. The van der Waals surface area contributed by atoms with Crippen molar-refractivity contribution >= 4 is 17.1 Å². The van der Waals surface area contributed by atoms with Gasteiger partial charge in [0.15, 0.2) is 0 Å². The van der Waals surface area contributed by atoms with Crippen LogP contribution in [0.15, 0.2) is 29.1 Å². The number of ether oxygens (including phenoxy) is 1. The molecule has 4 rings (SSSR count). The second-order valence-corrected chi connectivity index (χ2v) is 7.50. The quantitative estimate of drug-likeness (QED) is 0.899. The van der Waals surface area contributed by atoms with Crippen LogP contribution in [0.25, 0.3) is 11.0 Å². The molecule has 0 aliphatic carbocycles. The van der Waals surface area contributed by atoms with Gasteiger partial charge in [0.1, 0.15) is 0 Å². The monoisotopic (exact) mass is 372 g/mol. The molecule has 2 aliphatic rings. The van der Waals surface area contributed by atoms with Crippen molar-refractivity contribution in [3.8, 4) is 0 Å². The molecule has 0 saturated carbocycles. The van der Waals surface area contributed by atoms with Gasteiger partial charge in [-0.05, 0) is 44.7 Å². The Hall–Kier alpha value is -2.28. The molecular formula is C20H28N4O3. The van der Waals surface area contributed by atoms with Gasteiger partial charge < -0.3 is 19.5 Å². The number of hydrogen-bond donors (Lipinski definition) is 1. The third-order valence-corrected chi connectivity index (χ3v) is 6.00. The lowest BCUT2D eigenvalue weighted by molar-refractivity contribution is 0.0625. The van der Waals surface area contributed by atoms with E-state index in [4.69, 9.17) is 4.74 Å². The maximum atomic E-state index is 12.4. The van der Waals surface area contributed by atoms with Gasteiger partial charge in [-0.15, -0.1) is 0 Å². The van der Waals surface area contributed by atoms with Crippen LogP contribution in [-0.4, -0.2) is 64.3 Å². The molecule has 27 heavy (non-hydrogen) atoms. The minimum Gasteiger partial charge on any atom is -0.450 e. The standard InChI is InChI=1S/C20H28N4O3/c1-2-27-20(26)23-13-7-15(8-14-23)22-11-9-16(10-12-22)24-18-6-4-3-5-17(18)21-19(24)25/h3-6,15-16H,2,7-14H2,1H3,(H,21,25). The Morgan fingerprint density at radius 3 is 2.44 bits per heavy atom. The normalized spacial score (nSPS) is 20.3. The smallest absolute Gasteiger partial charge is 0.409 e. The van der Waals surface area contributed by atoms with Crippen LogP contribution in [0.1, 0.15) is 38.6 Å². The van der Waals surface area contributed by atoms with E-state index >= 15 is 0 Å². The van der Waals surface area contributed by atoms with Gasteiger partial charge in [0, 0.05) is 38.3 Å². The highest BCUT2D eigenvalue weighted by Crippen LogP contribution is 2.28. The first kappa shape index (κ1) is 18.1. The third-order valence-electron chi connectivity index (χ3n) is 6.00. The van der Waals surface area contributed by atoms with Crippen LogP contribution >= 0.6 is 0 Å². The second kappa shape index (κ2) is 7.76. The number of likely N-dealkylation sites (tertiary alicyclic amines) is 2. The van der Waals surface area contributed by atoms with Crippen LogP contribution in [0.5, 0.6) is 0 Å². The van der Waals surface area contributed by atoms with Crippen molar-refractivity contribution in [2.24, 2.45) is 0 Å². The van der Waals surface area contributed by atoms with E-state index in [9.17, 15) is 9.59 Å². The molecule has 1 aromatic carbocycles. The number of aromatic nitrogens is 2. The topological polar surface area (TPSA) is 70.6 Å². The number of imidazole rings is 1. The molecule has 0 atom stereocenters. The van der Waals surface area contributed by atoms with Crippen molar-refractivity contribution < 1.29 is 9.53 Å². The number of aromatic amines is 1. The Morgan fingerprint density at radius 1 is 1.07 bits per heavy atom. The number of fused-ring (bicyclic) bond motifs is 1. The summed E-state index contributed by atoms with van der Waals surface area (Å²) >= 11 is 0. The van der Waals surface area contributed by atoms with E-state index in [1.54, 1.807) is 0 Å². The van der Waals surface area contributed by atoms with Crippen LogP contribution in [0.2, 0.25) is 0 Å². The van der Waals surface area contributed by atoms with Gasteiger partial charge in [-0.1, -0.05) is 12.1 Å². The van der Waals surface area contributed by atoms with E-state index in [-0.39, 0.29) is 17.8 Å². The average Bonchev–Trinajstić information content (AvgIpc) is 3.04. The maximum Gasteiger partial charge on any atom is 0.409 e. The second-order valence-electron chi connectivity index (χ2n) is 7.50. The predicted molar refractivity (Wildman–Crippen MR) is 104 cm³/mol. The zero-order valence-electron chi connectivity index (χ0n) is 15.9. The van der Waals surface area contributed by atoms with Gasteiger partial charge in [-0.3, -0.25) is 4.57 Å². The predicted octanol–water partition coefficient (Wildman–Crippen LogP) is 2.59. The number of carbonyl (C=O) groups is 1. The summed E-state index contributed by atoms with van der Waals surface area (Å²) < 4.78 is 7.04. The first-order chi connectivity index (χ1) is 13.2. The molecule has 0 radical (unpaired) electrons. The molecule has 2 saturated heterocycles. The first-order valence-electron chi connectivity index (χ1n) is 10.0. The number of nitrogens with one attached hydrogen (secondary N) is 1. The SMILES string of the molecule is CCOC(=O)N1CCC(N2CCC(n3c(=O)[nH]c4ccccc43)CC2)CC1. The van der Waals surface area contributed by atoms with E-state index in [0.717, 1.165) is 62.9 Å². The van der Waals surface area contributed by atoms with Crippen molar-refractivity contribution in [1.82, 2.24) is 19.4 Å². The number of amides is 1. The molecule has 146 valence electrons.